The molecule has 0 spiro atoms. The van der Waals surface area contributed by atoms with Crippen LogP contribution in [0.1, 0.15) is 36.0 Å². The number of benzene rings is 3. The molecule has 1 saturated heterocycles. The predicted octanol–water partition coefficient (Wildman–Crippen LogP) is 6.98. The average Bonchev–Trinajstić information content (AvgIpc) is 3.43. The number of halogens is 3. The van der Waals surface area contributed by atoms with Crippen LogP contribution in [0.2, 0.25) is 0 Å². The molecular formula is C30H28F3NO4S. The Labute approximate surface area is 229 Å². The molecule has 3 aliphatic heterocycles. The molecule has 1 fully saturated rings. The Bertz CT molecular complexity index is 1400. The number of thioether (sulfide) groups is 1. The standard InChI is InChI=1S/C30H28F3NO4S/c31-12-1-13-34-14-10-23(18-34)36-22-6-2-19(3-7-22)29-24(11-15-39-28-17-21(35)5-8-25(28)29)20-4-9-26-27(16-20)38-30(32,33)37-26/h2-9,16-17,23,35H,1,10-15,18H2/t23-/m0/s1. The van der Waals surface area contributed by atoms with E-state index in [0.29, 0.717) is 12.8 Å². The minimum atomic E-state index is -3.68. The van der Waals surface area contributed by atoms with Crippen molar-refractivity contribution in [2.24, 2.45) is 0 Å². The van der Waals surface area contributed by atoms with Gasteiger partial charge in [0.25, 0.3) is 0 Å². The van der Waals surface area contributed by atoms with Crippen molar-refractivity contribution < 1.29 is 32.5 Å². The lowest BCUT2D eigenvalue weighted by atomic mass is 9.88. The van der Waals surface area contributed by atoms with Crippen molar-refractivity contribution in [3.8, 4) is 23.0 Å². The summed E-state index contributed by atoms with van der Waals surface area (Å²) in [6.45, 7) is 2.13. The molecular weight excluding hydrogens is 527 g/mol. The Morgan fingerprint density at radius 1 is 1.00 bits per heavy atom. The van der Waals surface area contributed by atoms with Crippen molar-refractivity contribution in [3.63, 3.8) is 0 Å². The minimum Gasteiger partial charge on any atom is -0.508 e. The zero-order valence-corrected chi connectivity index (χ0v) is 22.0. The smallest absolute Gasteiger partial charge is 0.508 e. The normalized spacial score (nSPS) is 20.1. The van der Waals surface area contributed by atoms with Crippen LogP contribution in [0.15, 0.2) is 65.6 Å². The lowest BCUT2D eigenvalue weighted by molar-refractivity contribution is -0.286. The van der Waals surface area contributed by atoms with Gasteiger partial charge in [0.2, 0.25) is 0 Å². The second-order valence-electron chi connectivity index (χ2n) is 9.86. The SMILES string of the molecule is Oc1ccc2c(c1)SCCC(c1ccc3c(c1)OC(F)(F)O3)=C2c1ccc(O[C@H]2CCN(CCCF)C2)cc1. The fourth-order valence-corrected chi connectivity index (χ4v) is 6.47. The molecule has 0 amide bonds. The topological polar surface area (TPSA) is 51.2 Å². The van der Waals surface area contributed by atoms with Crippen LogP contribution in [0.3, 0.4) is 0 Å². The second kappa shape index (κ2) is 10.7. The summed E-state index contributed by atoms with van der Waals surface area (Å²) in [7, 11) is 0. The van der Waals surface area contributed by atoms with Gasteiger partial charge in [0.1, 0.15) is 17.6 Å². The van der Waals surface area contributed by atoms with Crippen molar-refractivity contribution >= 4 is 22.9 Å². The van der Waals surface area contributed by atoms with Crippen LogP contribution >= 0.6 is 11.8 Å². The van der Waals surface area contributed by atoms with E-state index in [1.807, 2.05) is 30.3 Å². The van der Waals surface area contributed by atoms with Crippen LogP contribution < -0.4 is 14.2 Å². The maximum absolute atomic E-state index is 13.7. The van der Waals surface area contributed by atoms with E-state index in [2.05, 4.69) is 9.64 Å². The predicted molar refractivity (Wildman–Crippen MR) is 145 cm³/mol. The Hall–Kier alpha value is -3.30. The van der Waals surface area contributed by atoms with Gasteiger partial charge in [0.15, 0.2) is 11.5 Å². The van der Waals surface area contributed by atoms with Gasteiger partial charge in [-0.1, -0.05) is 18.2 Å². The number of alkyl halides is 3. The summed E-state index contributed by atoms with van der Waals surface area (Å²) in [6, 6.07) is 18.1. The molecule has 0 unspecified atom stereocenters. The minimum absolute atomic E-state index is 0.00745. The fourth-order valence-electron chi connectivity index (χ4n) is 5.42. The van der Waals surface area contributed by atoms with Crippen LogP contribution in [-0.2, 0) is 0 Å². The molecule has 3 aliphatic rings. The summed E-state index contributed by atoms with van der Waals surface area (Å²) in [5.41, 5.74) is 4.63. The first-order valence-electron chi connectivity index (χ1n) is 13.0. The Morgan fingerprint density at radius 3 is 2.62 bits per heavy atom. The number of nitrogens with zero attached hydrogens (tertiary/aromatic N) is 1. The summed E-state index contributed by atoms with van der Waals surface area (Å²) < 4.78 is 55.5. The summed E-state index contributed by atoms with van der Waals surface area (Å²) >= 11 is 1.65. The van der Waals surface area contributed by atoms with E-state index in [9.17, 15) is 18.3 Å². The number of likely N-dealkylation sites (tertiary alicyclic amines) is 1. The molecule has 39 heavy (non-hydrogen) atoms. The first-order chi connectivity index (χ1) is 18.9. The quantitative estimate of drug-likeness (QED) is 0.340. The van der Waals surface area contributed by atoms with Crippen molar-refractivity contribution in [1.29, 1.82) is 0 Å². The van der Waals surface area contributed by atoms with Crippen molar-refractivity contribution in [2.45, 2.75) is 36.6 Å². The summed E-state index contributed by atoms with van der Waals surface area (Å²) in [5.74, 6) is 1.72. The summed E-state index contributed by atoms with van der Waals surface area (Å²) in [4.78, 5) is 3.18. The molecule has 1 N–H and O–H groups in total. The molecule has 204 valence electrons. The third-order valence-electron chi connectivity index (χ3n) is 7.18. The van der Waals surface area contributed by atoms with Gasteiger partial charge in [-0.2, -0.15) is 0 Å². The van der Waals surface area contributed by atoms with Crippen LogP contribution in [0.25, 0.3) is 11.1 Å². The third-order valence-corrected chi connectivity index (χ3v) is 8.24. The number of aromatic hydroxyl groups is 1. The highest BCUT2D eigenvalue weighted by molar-refractivity contribution is 7.99. The number of phenols is 1. The molecule has 3 aromatic carbocycles. The molecule has 1 atom stereocenters. The van der Waals surface area contributed by atoms with Gasteiger partial charge in [-0.15, -0.1) is 20.5 Å². The largest absolute Gasteiger partial charge is 0.586 e. The Kier molecular flexibility index (Phi) is 7.12. The Morgan fingerprint density at radius 2 is 1.79 bits per heavy atom. The van der Waals surface area contributed by atoms with Gasteiger partial charge in [-0.05, 0) is 89.6 Å². The van der Waals surface area contributed by atoms with Gasteiger partial charge in [-0.3, -0.25) is 9.29 Å². The molecule has 0 aromatic heterocycles. The number of phenolic OH excluding ortho intramolecular Hbond substituents is 1. The van der Waals surface area contributed by atoms with Crippen LogP contribution in [0, 0.1) is 0 Å². The monoisotopic (exact) mass is 555 g/mol. The zero-order chi connectivity index (χ0) is 27.0. The van der Waals surface area contributed by atoms with Crippen molar-refractivity contribution in [3.05, 3.63) is 77.4 Å². The highest BCUT2D eigenvalue weighted by Crippen LogP contribution is 2.47. The van der Waals surface area contributed by atoms with Crippen LogP contribution in [-0.4, -0.2) is 54.5 Å². The first-order valence-corrected chi connectivity index (χ1v) is 14.0. The molecule has 5 nitrogen and oxygen atoms in total. The zero-order valence-electron chi connectivity index (χ0n) is 21.2. The highest BCUT2D eigenvalue weighted by atomic mass is 32.2. The summed E-state index contributed by atoms with van der Waals surface area (Å²) in [6.07, 6.45) is -1.49. The number of allylic oxidation sites excluding steroid dienone is 1. The van der Waals surface area contributed by atoms with E-state index < -0.39 is 6.29 Å². The maximum Gasteiger partial charge on any atom is 0.586 e. The third kappa shape index (κ3) is 5.56. The highest BCUT2D eigenvalue weighted by Gasteiger charge is 2.43. The molecule has 0 bridgehead atoms. The molecule has 0 saturated carbocycles. The molecule has 6 rings (SSSR count). The van der Waals surface area contributed by atoms with E-state index >= 15 is 0 Å². The van der Waals surface area contributed by atoms with Gasteiger partial charge >= 0.3 is 6.29 Å². The van der Waals surface area contributed by atoms with E-state index in [4.69, 9.17) is 9.47 Å². The van der Waals surface area contributed by atoms with Gasteiger partial charge < -0.3 is 19.3 Å². The Balaban J connectivity index is 1.34. The van der Waals surface area contributed by atoms with E-state index in [1.165, 1.54) is 6.07 Å². The fraction of sp³-hybridized carbons (Fsp3) is 0.333. The second-order valence-corrected chi connectivity index (χ2v) is 11.0. The van der Waals surface area contributed by atoms with E-state index in [1.54, 1.807) is 36.0 Å². The first kappa shape index (κ1) is 26.0. The van der Waals surface area contributed by atoms with E-state index in [-0.39, 0.29) is 30.0 Å². The number of fused-ring (bicyclic) bond motifs is 2. The van der Waals surface area contributed by atoms with Gasteiger partial charge in [-0.25, -0.2) is 0 Å². The van der Waals surface area contributed by atoms with Crippen molar-refractivity contribution in [1.82, 2.24) is 4.90 Å². The van der Waals surface area contributed by atoms with E-state index in [0.717, 1.165) is 70.3 Å². The number of ether oxygens (including phenoxy) is 3. The van der Waals surface area contributed by atoms with Crippen molar-refractivity contribution in [2.75, 3.05) is 32.1 Å². The molecule has 0 radical (unpaired) electrons. The molecule has 0 aliphatic carbocycles. The molecule has 3 aromatic rings. The average molecular weight is 556 g/mol. The number of hydrogen-bond acceptors (Lipinski definition) is 6. The molecule has 9 heteroatoms. The molecule has 3 heterocycles. The van der Waals surface area contributed by atoms with Gasteiger partial charge in [0.05, 0.1) is 6.67 Å². The lowest BCUT2D eigenvalue weighted by Gasteiger charge is -2.18. The van der Waals surface area contributed by atoms with Gasteiger partial charge in [0, 0.05) is 30.3 Å². The summed E-state index contributed by atoms with van der Waals surface area (Å²) in [5, 5.41) is 10.1. The van der Waals surface area contributed by atoms with Crippen LogP contribution in [0.5, 0.6) is 23.0 Å². The number of rotatable bonds is 7. The lowest BCUT2D eigenvalue weighted by Crippen LogP contribution is -2.26. The van der Waals surface area contributed by atoms with Crippen LogP contribution in [0.4, 0.5) is 13.2 Å². The maximum atomic E-state index is 13.7. The number of hydrogen-bond donors (Lipinski definition) is 1.